The standard InChI is InChI=1S/C19H12BrFN4O/c20-16-4-2-1-3-15(16)19(26)22-13-7-10-17-18(11-13)24-25(23-17)14-8-5-12(21)6-9-14/h1-11H,(H,22,26). The lowest BCUT2D eigenvalue weighted by atomic mass is 10.2. The Morgan fingerprint density at radius 2 is 1.69 bits per heavy atom. The molecule has 4 rings (SSSR count). The Bertz CT molecular complexity index is 1110. The van der Waals surface area contributed by atoms with E-state index in [0.717, 1.165) is 4.47 Å². The van der Waals surface area contributed by atoms with E-state index in [1.807, 2.05) is 12.1 Å². The normalized spacial score (nSPS) is 10.8. The number of carbonyl (C=O) groups excluding carboxylic acids is 1. The van der Waals surface area contributed by atoms with Crippen LogP contribution in [0.2, 0.25) is 0 Å². The first kappa shape index (κ1) is 16.4. The maximum atomic E-state index is 13.1. The number of fused-ring (bicyclic) bond motifs is 1. The van der Waals surface area contributed by atoms with Gasteiger partial charge in [0.2, 0.25) is 0 Å². The number of halogens is 2. The number of aromatic nitrogens is 3. The fourth-order valence-electron chi connectivity index (χ4n) is 2.53. The van der Waals surface area contributed by atoms with Gasteiger partial charge in [0.25, 0.3) is 5.91 Å². The van der Waals surface area contributed by atoms with Crippen LogP contribution in [0.25, 0.3) is 16.7 Å². The second-order valence-electron chi connectivity index (χ2n) is 5.60. The number of anilines is 1. The molecule has 0 aliphatic heterocycles. The van der Waals surface area contributed by atoms with E-state index in [1.54, 1.807) is 42.5 Å². The summed E-state index contributed by atoms with van der Waals surface area (Å²) in [5.74, 6) is -0.537. The van der Waals surface area contributed by atoms with E-state index < -0.39 is 0 Å². The Morgan fingerprint density at radius 1 is 0.962 bits per heavy atom. The fraction of sp³-hybridized carbons (Fsp3) is 0. The first-order valence-electron chi connectivity index (χ1n) is 7.79. The topological polar surface area (TPSA) is 59.8 Å². The van der Waals surface area contributed by atoms with E-state index in [2.05, 4.69) is 31.4 Å². The Hall–Kier alpha value is -3.06. The average molecular weight is 411 g/mol. The monoisotopic (exact) mass is 410 g/mol. The number of hydrogen-bond acceptors (Lipinski definition) is 3. The molecule has 0 aliphatic rings. The van der Waals surface area contributed by atoms with Gasteiger partial charge in [-0.1, -0.05) is 12.1 Å². The first-order chi connectivity index (χ1) is 12.6. The molecular weight excluding hydrogens is 399 g/mol. The molecule has 0 unspecified atom stereocenters. The summed E-state index contributed by atoms with van der Waals surface area (Å²) in [6.07, 6.45) is 0. The smallest absolute Gasteiger partial charge is 0.256 e. The summed E-state index contributed by atoms with van der Waals surface area (Å²) in [5, 5.41) is 11.6. The van der Waals surface area contributed by atoms with Gasteiger partial charge < -0.3 is 5.32 Å². The number of nitrogens with one attached hydrogen (secondary N) is 1. The lowest BCUT2D eigenvalue weighted by molar-refractivity contribution is 0.102. The van der Waals surface area contributed by atoms with E-state index in [-0.39, 0.29) is 11.7 Å². The van der Waals surface area contributed by atoms with Crippen LogP contribution in [-0.2, 0) is 0 Å². The maximum absolute atomic E-state index is 13.1. The van der Waals surface area contributed by atoms with Gasteiger partial charge in [-0.2, -0.15) is 4.80 Å². The maximum Gasteiger partial charge on any atom is 0.256 e. The number of carbonyl (C=O) groups is 1. The van der Waals surface area contributed by atoms with E-state index >= 15 is 0 Å². The van der Waals surface area contributed by atoms with Crippen LogP contribution in [0.15, 0.2) is 71.2 Å². The molecule has 4 aromatic rings. The SMILES string of the molecule is O=C(Nc1ccc2nn(-c3ccc(F)cc3)nc2c1)c1ccccc1Br. The Morgan fingerprint density at radius 3 is 2.46 bits per heavy atom. The molecule has 1 heterocycles. The first-order valence-corrected chi connectivity index (χ1v) is 8.58. The van der Waals surface area contributed by atoms with Gasteiger partial charge >= 0.3 is 0 Å². The third-order valence-corrected chi connectivity index (χ3v) is 4.51. The number of amides is 1. The summed E-state index contributed by atoms with van der Waals surface area (Å²) in [5.41, 5.74) is 3.11. The van der Waals surface area contributed by atoms with Crippen molar-refractivity contribution in [1.82, 2.24) is 15.0 Å². The number of benzene rings is 3. The average Bonchev–Trinajstić information content (AvgIpc) is 3.06. The van der Waals surface area contributed by atoms with E-state index in [0.29, 0.717) is 28.0 Å². The van der Waals surface area contributed by atoms with E-state index in [9.17, 15) is 9.18 Å². The molecule has 128 valence electrons. The van der Waals surface area contributed by atoms with Gasteiger partial charge in [-0.3, -0.25) is 4.79 Å². The molecular formula is C19H12BrFN4O. The molecule has 3 aromatic carbocycles. The van der Waals surface area contributed by atoms with Crippen LogP contribution >= 0.6 is 15.9 Å². The molecule has 1 aromatic heterocycles. The zero-order valence-electron chi connectivity index (χ0n) is 13.4. The van der Waals surface area contributed by atoms with Crippen molar-refractivity contribution in [2.45, 2.75) is 0 Å². The van der Waals surface area contributed by atoms with Gasteiger partial charge in [0.05, 0.1) is 11.3 Å². The number of nitrogens with zero attached hydrogens (tertiary/aromatic N) is 3. The molecule has 0 fully saturated rings. The van der Waals surface area contributed by atoms with Gasteiger partial charge in [0.15, 0.2) is 0 Å². The molecule has 0 atom stereocenters. The van der Waals surface area contributed by atoms with E-state index in [4.69, 9.17) is 0 Å². The Kier molecular flexibility index (Phi) is 4.22. The van der Waals surface area contributed by atoms with Gasteiger partial charge in [0, 0.05) is 10.2 Å². The summed E-state index contributed by atoms with van der Waals surface area (Å²) >= 11 is 3.37. The van der Waals surface area contributed by atoms with Crippen LogP contribution in [0.1, 0.15) is 10.4 Å². The molecule has 0 aliphatic carbocycles. The van der Waals surface area contributed by atoms with Gasteiger partial charge in [0.1, 0.15) is 16.9 Å². The number of hydrogen-bond donors (Lipinski definition) is 1. The summed E-state index contributed by atoms with van der Waals surface area (Å²) in [7, 11) is 0. The van der Waals surface area contributed by atoms with Crippen LogP contribution in [0.5, 0.6) is 0 Å². The molecule has 0 saturated heterocycles. The summed E-state index contributed by atoms with van der Waals surface area (Å²) in [6.45, 7) is 0. The molecule has 7 heteroatoms. The minimum absolute atomic E-state index is 0.220. The number of rotatable bonds is 3. The molecule has 26 heavy (non-hydrogen) atoms. The largest absolute Gasteiger partial charge is 0.322 e. The highest BCUT2D eigenvalue weighted by molar-refractivity contribution is 9.10. The molecule has 1 amide bonds. The van der Waals surface area contributed by atoms with Crippen molar-refractivity contribution in [3.05, 3.63) is 82.6 Å². The predicted molar refractivity (Wildman–Crippen MR) is 101 cm³/mol. The summed E-state index contributed by atoms with van der Waals surface area (Å²) in [4.78, 5) is 13.8. The van der Waals surface area contributed by atoms with Crippen molar-refractivity contribution in [1.29, 1.82) is 0 Å². The molecule has 0 bridgehead atoms. The quantitative estimate of drug-likeness (QED) is 0.537. The van der Waals surface area contributed by atoms with Crippen LogP contribution in [-0.4, -0.2) is 20.9 Å². The second-order valence-corrected chi connectivity index (χ2v) is 6.46. The predicted octanol–water partition coefficient (Wildman–Crippen LogP) is 4.57. The molecule has 0 radical (unpaired) electrons. The van der Waals surface area contributed by atoms with Crippen LogP contribution < -0.4 is 5.32 Å². The third kappa shape index (κ3) is 3.21. The van der Waals surface area contributed by atoms with Crippen LogP contribution in [0, 0.1) is 5.82 Å². The zero-order chi connectivity index (χ0) is 18.1. The van der Waals surface area contributed by atoms with Crippen molar-refractivity contribution < 1.29 is 9.18 Å². The highest BCUT2D eigenvalue weighted by Gasteiger charge is 2.11. The minimum atomic E-state index is -0.317. The van der Waals surface area contributed by atoms with Crippen molar-refractivity contribution in [2.24, 2.45) is 0 Å². The molecule has 1 N–H and O–H groups in total. The highest BCUT2D eigenvalue weighted by Crippen LogP contribution is 2.21. The fourth-order valence-corrected chi connectivity index (χ4v) is 2.99. The second kappa shape index (κ2) is 6.68. The highest BCUT2D eigenvalue weighted by atomic mass is 79.9. The van der Waals surface area contributed by atoms with Crippen molar-refractivity contribution in [3.63, 3.8) is 0 Å². The van der Waals surface area contributed by atoms with Crippen molar-refractivity contribution in [3.8, 4) is 5.69 Å². The van der Waals surface area contributed by atoms with Crippen LogP contribution in [0.3, 0.4) is 0 Å². The lowest BCUT2D eigenvalue weighted by Crippen LogP contribution is -2.12. The van der Waals surface area contributed by atoms with Gasteiger partial charge in [-0.15, -0.1) is 10.2 Å². The minimum Gasteiger partial charge on any atom is -0.322 e. The van der Waals surface area contributed by atoms with E-state index in [1.165, 1.54) is 16.9 Å². The van der Waals surface area contributed by atoms with Gasteiger partial charge in [-0.05, 0) is 70.5 Å². The van der Waals surface area contributed by atoms with Crippen molar-refractivity contribution >= 4 is 38.6 Å². The van der Waals surface area contributed by atoms with Crippen LogP contribution in [0.4, 0.5) is 10.1 Å². The Balaban J connectivity index is 1.62. The zero-order valence-corrected chi connectivity index (χ0v) is 14.9. The lowest BCUT2D eigenvalue weighted by Gasteiger charge is -2.06. The molecule has 0 saturated carbocycles. The molecule has 0 spiro atoms. The summed E-state index contributed by atoms with van der Waals surface area (Å²) in [6, 6.07) is 18.4. The Labute approximate surface area is 156 Å². The van der Waals surface area contributed by atoms with Crippen molar-refractivity contribution in [2.75, 3.05) is 5.32 Å². The molecule has 5 nitrogen and oxygen atoms in total. The third-order valence-electron chi connectivity index (χ3n) is 3.81. The van der Waals surface area contributed by atoms with Gasteiger partial charge in [-0.25, -0.2) is 4.39 Å². The summed E-state index contributed by atoms with van der Waals surface area (Å²) < 4.78 is 13.8.